The molecule has 0 amide bonds. The van der Waals surface area contributed by atoms with Gasteiger partial charge >= 0.3 is 0 Å². The molecule has 3 fully saturated rings. The smallest absolute Gasteiger partial charge is 0.139 e. The monoisotopic (exact) mass is 454 g/mol. The number of hydrogen-bond acceptors (Lipinski definition) is 4. The first-order valence-corrected chi connectivity index (χ1v) is 12.5. The summed E-state index contributed by atoms with van der Waals surface area (Å²) >= 11 is 6.25. The molecule has 172 valence electrons. The van der Waals surface area contributed by atoms with Crippen molar-refractivity contribution in [2.75, 3.05) is 38.3 Å². The van der Waals surface area contributed by atoms with Gasteiger partial charge in [0.2, 0.25) is 0 Å². The van der Waals surface area contributed by atoms with E-state index in [9.17, 15) is 0 Å². The number of methoxy groups -OCH3 is 1. The van der Waals surface area contributed by atoms with Gasteiger partial charge in [0, 0.05) is 43.5 Å². The summed E-state index contributed by atoms with van der Waals surface area (Å²) in [6.45, 7) is 8.56. The Balaban J connectivity index is 1.32. The maximum atomic E-state index is 6.25. The molecular formula is C27H35ClN2O2. The second kappa shape index (κ2) is 9.15. The zero-order valence-corrected chi connectivity index (χ0v) is 20.3. The quantitative estimate of drug-likeness (QED) is 0.521. The fraction of sp³-hybridized carbons (Fsp3) is 0.556. The molecule has 2 aromatic carbocycles. The summed E-state index contributed by atoms with van der Waals surface area (Å²) in [6, 6.07) is 11.8. The van der Waals surface area contributed by atoms with E-state index < -0.39 is 0 Å². The van der Waals surface area contributed by atoms with Gasteiger partial charge in [-0.3, -0.25) is 4.90 Å². The average molecular weight is 455 g/mol. The first-order chi connectivity index (χ1) is 15.5. The highest BCUT2D eigenvalue weighted by Crippen LogP contribution is 2.41. The summed E-state index contributed by atoms with van der Waals surface area (Å²) in [4.78, 5) is 5.26. The van der Waals surface area contributed by atoms with Crippen molar-refractivity contribution >= 4 is 17.3 Å². The highest BCUT2D eigenvalue weighted by atomic mass is 35.5. The van der Waals surface area contributed by atoms with Crippen molar-refractivity contribution in [1.82, 2.24) is 4.90 Å². The van der Waals surface area contributed by atoms with Gasteiger partial charge < -0.3 is 14.4 Å². The molecule has 1 unspecified atom stereocenters. The summed E-state index contributed by atoms with van der Waals surface area (Å²) in [5.41, 5.74) is 5.43. The molecule has 5 heteroatoms. The number of ether oxygens (including phenoxy) is 2. The Kier molecular flexibility index (Phi) is 6.26. The van der Waals surface area contributed by atoms with E-state index in [0.717, 1.165) is 43.7 Å². The minimum absolute atomic E-state index is 0.506. The van der Waals surface area contributed by atoms with Crippen molar-refractivity contribution in [2.45, 2.75) is 58.0 Å². The zero-order valence-electron chi connectivity index (χ0n) is 19.6. The molecule has 0 spiro atoms. The van der Waals surface area contributed by atoms with E-state index in [0.29, 0.717) is 17.1 Å². The Morgan fingerprint density at radius 1 is 0.969 bits per heavy atom. The van der Waals surface area contributed by atoms with E-state index in [4.69, 9.17) is 21.1 Å². The number of piperazine rings is 1. The molecule has 2 saturated heterocycles. The van der Waals surface area contributed by atoms with Gasteiger partial charge in [-0.05, 0) is 86.8 Å². The van der Waals surface area contributed by atoms with E-state index in [-0.39, 0.29) is 0 Å². The number of nitrogens with zero attached hydrogens (tertiary/aromatic N) is 2. The Labute approximate surface area is 197 Å². The van der Waals surface area contributed by atoms with Gasteiger partial charge in [-0.1, -0.05) is 17.7 Å². The van der Waals surface area contributed by atoms with Gasteiger partial charge in [-0.2, -0.15) is 0 Å². The van der Waals surface area contributed by atoms with E-state index in [1.54, 1.807) is 7.11 Å². The summed E-state index contributed by atoms with van der Waals surface area (Å²) in [6.07, 6.45) is 6.44. The van der Waals surface area contributed by atoms with Crippen LogP contribution in [0, 0.1) is 19.8 Å². The van der Waals surface area contributed by atoms with Crippen LogP contribution in [0.5, 0.6) is 11.5 Å². The molecule has 3 aliphatic rings. The molecule has 0 radical (unpaired) electrons. The predicted molar refractivity (Wildman–Crippen MR) is 131 cm³/mol. The Hall–Kier alpha value is -1.91. The van der Waals surface area contributed by atoms with Crippen molar-refractivity contribution in [2.24, 2.45) is 5.92 Å². The molecule has 2 aliphatic heterocycles. The topological polar surface area (TPSA) is 24.9 Å². The lowest BCUT2D eigenvalue weighted by molar-refractivity contribution is 0.0712. The number of fused-ring (bicyclic) bond motifs is 1. The molecule has 5 rings (SSSR count). The van der Waals surface area contributed by atoms with Gasteiger partial charge in [-0.15, -0.1) is 0 Å². The standard InChI is InChI=1S/C27H35ClN2O2/c1-18-19(2)26(32-17-20-7-8-20)12-10-23(18)25-6-4-5-22-16-29(13-14-30(22)25)21-9-11-24(28)27(15-21)31-3/h9-12,15,20,22,25H,4-8,13-14,16-17H2,1-3H3/t22?,25-/m1/s1. The maximum Gasteiger partial charge on any atom is 0.139 e. The van der Waals surface area contributed by atoms with E-state index >= 15 is 0 Å². The fourth-order valence-corrected chi connectivity index (χ4v) is 5.68. The summed E-state index contributed by atoms with van der Waals surface area (Å²) in [5, 5.41) is 0.669. The zero-order chi connectivity index (χ0) is 22.2. The molecule has 0 aromatic heterocycles. The van der Waals surface area contributed by atoms with Crippen LogP contribution in [-0.2, 0) is 0 Å². The number of halogens is 1. The second-order valence-corrected chi connectivity index (χ2v) is 10.2. The van der Waals surface area contributed by atoms with Crippen LogP contribution in [0.1, 0.15) is 54.8 Å². The molecule has 0 N–H and O–H groups in total. The van der Waals surface area contributed by atoms with Crippen LogP contribution in [0.25, 0.3) is 0 Å². The molecule has 0 bridgehead atoms. The number of benzene rings is 2. The molecule has 2 atom stereocenters. The third-order valence-electron chi connectivity index (χ3n) is 7.75. The highest BCUT2D eigenvalue weighted by Gasteiger charge is 2.36. The summed E-state index contributed by atoms with van der Waals surface area (Å²) < 4.78 is 11.6. The van der Waals surface area contributed by atoms with Gasteiger partial charge in [0.15, 0.2) is 0 Å². The molecule has 4 nitrogen and oxygen atoms in total. The molecule has 32 heavy (non-hydrogen) atoms. The molecule has 1 aliphatic carbocycles. The highest BCUT2D eigenvalue weighted by molar-refractivity contribution is 6.32. The molecule has 1 saturated carbocycles. The van der Waals surface area contributed by atoms with Crippen molar-refractivity contribution in [3.8, 4) is 11.5 Å². The van der Waals surface area contributed by atoms with Crippen LogP contribution in [0.15, 0.2) is 30.3 Å². The van der Waals surface area contributed by atoms with Crippen LogP contribution in [0.3, 0.4) is 0 Å². The molecule has 2 heterocycles. The van der Waals surface area contributed by atoms with Gasteiger partial charge in [-0.25, -0.2) is 0 Å². The van der Waals surface area contributed by atoms with Gasteiger partial charge in [0.1, 0.15) is 11.5 Å². The van der Waals surface area contributed by atoms with Gasteiger partial charge in [0.25, 0.3) is 0 Å². The maximum absolute atomic E-state index is 6.25. The van der Waals surface area contributed by atoms with E-state index in [2.05, 4.69) is 47.9 Å². The predicted octanol–water partition coefficient (Wildman–Crippen LogP) is 6.17. The van der Waals surface area contributed by atoms with Crippen LogP contribution >= 0.6 is 11.6 Å². The second-order valence-electron chi connectivity index (χ2n) is 9.76. The van der Waals surface area contributed by atoms with Crippen LogP contribution in [0.4, 0.5) is 5.69 Å². The van der Waals surface area contributed by atoms with E-state index in [1.807, 2.05) is 6.07 Å². The summed E-state index contributed by atoms with van der Waals surface area (Å²) in [7, 11) is 1.68. The Bertz CT molecular complexity index is 974. The largest absolute Gasteiger partial charge is 0.495 e. The fourth-order valence-electron chi connectivity index (χ4n) is 5.49. The number of anilines is 1. The van der Waals surface area contributed by atoms with Crippen LogP contribution in [-0.4, -0.2) is 44.3 Å². The van der Waals surface area contributed by atoms with E-state index in [1.165, 1.54) is 54.5 Å². The Morgan fingerprint density at radius 3 is 2.59 bits per heavy atom. The first kappa shape index (κ1) is 21.9. The van der Waals surface area contributed by atoms with Crippen molar-refractivity contribution in [3.63, 3.8) is 0 Å². The average Bonchev–Trinajstić information content (AvgIpc) is 3.64. The summed E-state index contributed by atoms with van der Waals surface area (Å²) in [5.74, 6) is 2.61. The number of hydrogen-bond donors (Lipinski definition) is 0. The van der Waals surface area contributed by atoms with Crippen molar-refractivity contribution in [1.29, 1.82) is 0 Å². The normalized spacial score (nSPS) is 23.7. The minimum atomic E-state index is 0.506. The third-order valence-corrected chi connectivity index (χ3v) is 8.07. The SMILES string of the molecule is COc1cc(N2CCN3C(CCC[C@@H]3c3ccc(OCC4CC4)c(C)c3C)C2)ccc1Cl. The number of rotatable bonds is 6. The minimum Gasteiger partial charge on any atom is -0.495 e. The number of piperidine rings is 1. The lowest BCUT2D eigenvalue weighted by atomic mass is 9.86. The lowest BCUT2D eigenvalue weighted by Crippen LogP contribution is -2.56. The van der Waals surface area contributed by atoms with Gasteiger partial charge in [0.05, 0.1) is 18.7 Å². The Morgan fingerprint density at radius 2 is 1.81 bits per heavy atom. The molecule has 2 aromatic rings. The van der Waals surface area contributed by atoms with Crippen LogP contribution < -0.4 is 14.4 Å². The van der Waals surface area contributed by atoms with Crippen LogP contribution in [0.2, 0.25) is 5.02 Å². The molecular weight excluding hydrogens is 420 g/mol. The van der Waals surface area contributed by atoms with Crippen molar-refractivity contribution in [3.05, 3.63) is 52.0 Å². The third kappa shape index (κ3) is 4.32. The first-order valence-electron chi connectivity index (χ1n) is 12.1. The lowest BCUT2D eigenvalue weighted by Gasteiger charge is -2.49. The van der Waals surface area contributed by atoms with Crippen molar-refractivity contribution < 1.29 is 9.47 Å².